The van der Waals surface area contributed by atoms with E-state index in [2.05, 4.69) is 9.88 Å². The Morgan fingerprint density at radius 2 is 1.91 bits per heavy atom. The molecule has 0 aliphatic carbocycles. The topological polar surface area (TPSA) is 67.7 Å². The maximum atomic E-state index is 12.6. The molecule has 1 atom stereocenters. The number of ether oxygens (including phenoxy) is 1. The number of likely N-dealkylation sites (tertiary alicyclic amines) is 1. The van der Waals surface area contributed by atoms with E-state index in [0.717, 1.165) is 43.9 Å². The molecule has 1 amide bonds. The Morgan fingerprint density at radius 1 is 1.03 bits per heavy atom. The van der Waals surface area contributed by atoms with Crippen molar-refractivity contribution in [3.8, 4) is 11.4 Å². The second-order valence-corrected chi connectivity index (χ2v) is 8.30. The van der Waals surface area contributed by atoms with Crippen molar-refractivity contribution >= 4 is 11.7 Å². The van der Waals surface area contributed by atoms with Gasteiger partial charge < -0.3 is 14.5 Å². The lowest BCUT2D eigenvalue weighted by Crippen LogP contribution is -2.38. The predicted octanol–water partition coefficient (Wildman–Crippen LogP) is 3.01. The van der Waals surface area contributed by atoms with Crippen molar-refractivity contribution < 1.29 is 9.53 Å². The van der Waals surface area contributed by atoms with E-state index < -0.39 is 0 Å². The molecular formula is C25H26N4O3. The largest absolute Gasteiger partial charge is 0.489 e. The lowest BCUT2D eigenvalue weighted by atomic mass is 10.2. The fourth-order valence-corrected chi connectivity index (χ4v) is 4.47. The number of aromatic nitrogens is 2. The number of benzene rings is 1. The van der Waals surface area contributed by atoms with Gasteiger partial charge in [0, 0.05) is 38.3 Å². The molecule has 4 heterocycles. The SMILES string of the molecule is O=C1CCCN1[C@H]1CCN(c2ccc(-n3ccc(OCc4ccccc4)cc3=O)cn2)C1. The van der Waals surface area contributed by atoms with E-state index in [9.17, 15) is 9.59 Å². The summed E-state index contributed by atoms with van der Waals surface area (Å²) in [5.41, 5.74) is 1.59. The minimum atomic E-state index is -0.168. The Hall–Kier alpha value is -3.61. The maximum absolute atomic E-state index is 12.6. The van der Waals surface area contributed by atoms with Gasteiger partial charge in [-0.15, -0.1) is 0 Å². The molecule has 3 aromatic rings. The number of rotatable bonds is 6. The number of carbonyl (C=O) groups is 1. The van der Waals surface area contributed by atoms with Gasteiger partial charge in [0.25, 0.3) is 5.56 Å². The Morgan fingerprint density at radius 3 is 2.62 bits per heavy atom. The molecular weight excluding hydrogens is 404 g/mol. The van der Waals surface area contributed by atoms with Gasteiger partial charge in [0.1, 0.15) is 18.2 Å². The highest BCUT2D eigenvalue weighted by molar-refractivity contribution is 5.78. The van der Waals surface area contributed by atoms with Crippen LogP contribution in [0, 0.1) is 0 Å². The Kier molecular flexibility index (Phi) is 5.62. The standard InChI is InChI=1S/C25H26N4O3/c30-24-7-4-12-28(24)21-10-13-27(17-21)23-9-8-20(16-26-23)29-14-11-22(15-25(29)31)32-18-19-5-2-1-3-6-19/h1-3,5-6,8-9,11,14-16,21H,4,7,10,12-13,17-18H2/t21-/m0/s1. The van der Waals surface area contributed by atoms with Crippen LogP contribution in [0.3, 0.4) is 0 Å². The smallest absolute Gasteiger partial charge is 0.258 e. The minimum Gasteiger partial charge on any atom is -0.489 e. The summed E-state index contributed by atoms with van der Waals surface area (Å²) in [5.74, 6) is 1.69. The number of nitrogens with zero attached hydrogens (tertiary/aromatic N) is 4. The van der Waals surface area contributed by atoms with Crippen molar-refractivity contribution in [2.75, 3.05) is 24.5 Å². The average molecular weight is 431 g/mol. The van der Waals surface area contributed by atoms with Crippen LogP contribution in [0.2, 0.25) is 0 Å². The zero-order chi connectivity index (χ0) is 21.9. The molecule has 2 aromatic heterocycles. The third kappa shape index (κ3) is 4.23. The van der Waals surface area contributed by atoms with E-state index in [4.69, 9.17) is 4.74 Å². The lowest BCUT2D eigenvalue weighted by Gasteiger charge is -2.24. The van der Waals surface area contributed by atoms with Crippen LogP contribution < -0.4 is 15.2 Å². The van der Waals surface area contributed by atoms with Gasteiger partial charge in [0.15, 0.2) is 0 Å². The van der Waals surface area contributed by atoms with Gasteiger partial charge in [-0.25, -0.2) is 4.98 Å². The molecule has 2 fully saturated rings. The molecule has 1 aromatic carbocycles. The van der Waals surface area contributed by atoms with E-state index in [1.165, 1.54) is 6.07 Å². The summed E-state index contributed by atoms with van der Waals surface area (Å²) in [6.07, 6.45) is 6.04. The van der Waals surface area contributed by atoms with E-state index in [1.54, 1.807) is 23.0 Å². The number of amides is 1. The minimum absolute atomic E-state index is 0.168. The van der Waals surface area contributed by atoms with Crippen molar-refractivity contribution in [2.24, 2.45) is 0 Å². The second kappa shape index (κ2) is 8.86. The first-order valence-electron chi connectivity index (χ1n) is 11.1. The van der Waals surface area contributed by atoms with Crippen LogP contribution in [0.4, 0.5) is 5.82 Å². The van der Waals surface area contributed by atoms with Crippen molar-refractivity contribution in [3.05, 3.63) is 82.9 Å². The van der Waals surface area contributed by atoms with Gasteiger partial charge in [-0.05, 0) is 36.6 Å². The summed E-state index contributed by atoms with van der Waals surface area (Å²) in [6.45, 7) is 2.98. The summed E-state index contributed by atoms with van der Waals surface area (Å²) in [4.78, 5) is 33.5. The fraction of sp³-hybridized carbons (Fsp3) is 0.320. The molecule has 2 saturated heterocycles. The van der Waals surface area contributed by atoms with Crippen molar-refractivity contribution in [1.82, 2.24) is 14.5 Å². The highest BCUT2D eigenvalue weighted by atomic mass is 16.5. The highest BCUT2D eigenvalue weighted by Crippen LogP contribution is 2.25. The van der Waals surface area contributed by atoms with Crippen LogP contribution in [0.5, 0.6) is 5.75 Å². The van der Waals surface area contributed by atoms with Gasteiger partial charge in [-0.1, -0.05) is 30.3 Å². The Balaban J connectivity index is 1.24. The molecule has 7 heteroatoms. The van der Waals surface area contributed by atoms with Gasteiger partial charge in [-0.2, -0.15) is 0 Å². The number of anilines is 1. The fourth-order valence-electron chi connectivity index (χ4n) is 4.47. The van der Waals surface area contributed by atoms with E-state index in [-0.39, 0.29) is 17.5 Å². The van der Waals surface area contributed by atoms with Gasteiger partial charge in [-0.3, -0.25) is 14.2 Å². The van der Waals surface area contributed by atoms with Crippen molar-refractivity contribution in [3.63, 3.8) is 0 Å². The summed E-state index contributed by atoms with van der Waals surface area (Å²) in [6, 6.07) is 17.3. The third-order valence-corrected chi connectivity index (χ3v) is 6.19. The van der Waals surface area contributed by atoms with Crippen molar-refractivity contribution in [1.29, 1.82) is 0 Å². The Bertz CT molecular complexity index is 1140. The number of pyridine rings is 2. The molecule has 2 aliphatic heterocycles. The van der Waals surface area contributed by atoms with Gasteiger partial charge >= 0.3 is 0 Å². The van der Waals surface area contributed by atoms with E-state index in [0.29, 0.717) is 24.5 Å². The summed E-state index contributed by atoms with van der Waals surface area (Å²) >= 11 is 0. The molecule has 0 spiro atoms. The first kappa shape index (κ1) is 20.3. The van der Waals surface area contributed by atoms with Crippen LogP contribution >= 0.6 is 0 Å². The summed E-state index contributed by atoms with van der Waals surface area (Å²) < 4.78 is 7.30. The third-order valence-electron chi connectivity index (χ3n) is 6.19. The Labute approximate surface area is 186 Å². The molecule has 164 valence electrons. The average Bonchev–Trinajstić information content (AvgIpc) is 3.48. The molecule has 32 heavy (non-hydrogen) atoms. The first-order chi connectivity index (χ1) is 15.7. The summed E-state index contributed by atoms with van der Waals surface area (Å²) in [7, 11) is 0. The van der Waals surface area contributed by atoms with Gasteiger partial charge in [0.2, 0.25) is 5.91 Å². The van der Waals surface area contributed by atoms with Crippen LogP contribution in [-0.4, -0.2) is 46.0 Å². The van der Waals surface area contributed by atoms with E-state index >= 15 is 0 Å². The zero-order valence-electron chi connectivity index (χ0n) is 17.9. The summed E-state index contributed by atoms with van der Waals surface area (Å²) in [5, 5.41) is 0. The maximum Gasteiger partial charge on any atom is 0.258 e. The normalized spacial score (nSPS) is 18.4. The number of hydrogen-bond donors (Lipinski definition) is 0. The molecule has 2 aliphatic rings. The lowest BCUT2D eigenvalue weighted by molar-refractivity contribution is -0.129. The molecule has 0 unspecified atom stereocenters. The molecule has 0 N–H and O–H groups in total. The molecule has 5 rings (SSSR count). The number of carbonyl (C=O) groups excluding carboxylic acids is 1. The van der Waals surface area contributed by atoms with Crippen LogP contribution in [0.15, 0.2) is 71.8 Å². The van der Waals surface area contributed by atoms with Gasteiger partial charge in [0.05, 0.1) is 17.9 Å². The predicted molar refractivity (Wildman–Crippen MR) is 122 cm³/mol. The molecule has 0 saturated carbocycles. The van der Waals surface area contributed by atoms with Crippen LogP contribution in [-0.2, 0) is 11.4 Å². The van der Waals surface area contributed by atoms with Crippen molar-refractivity contribution in [2.45, 2.75) is 31.9 Å². The quantitative estimate of drug-likeness (QED) is 0.601. The highest BCUT2D eigenvalue weighted by Gasteiger charge is 2.33. The molecule has 7 nitrogen and oxygen atoms in total. The number of hydrogen-bond acceptors (Lipinski definition) is 5. The first-order valence-corrected chi connectivity index (χ1v) is 11.1. The van der Waals surface area contributed by atoms with Crippen LogP contribution in [0.1, 0.15) is 24.8 Å². The molecule has 0 bridgehead atoms. The second-order valence-electron chi connectivity index (χ2n) is 8.30. The monoisotopic (exact) mass is 430 g/mol. The zero-order valence-corrected chi connectivity index (χ0v) is 17.9. The van der Waals surface area contributed by atoms with Crippen LogP contribution in [0.25, 0.3) is 5.69 Å². The van der Waals surface area contributed by atoms with E-state index in [1.807, 2.05) is 47.4 Å². The molecule has 0 radical (unpaired) electrons.